The maximum absolute atomic E-state index is 12.3. The molecular weight excluding hydrogens is 400 g/mol. The Morgan fingerprint density at radius 3 is 2.59 bits per heavy atom. The van der Waals surface area contributed by atoms with E-state index in [-0.39, 0.29) is 5.78 Å². The zero-order valence-corrected chi connectivity index (χ0v) is 18.8. The molecule has 32 heavy (non-hydrogen) atoms. The number of anilines is 3. The predicted molar refractivity (Wildman–Crippen MR) is 128 cm³/mol. The van der Waals surface area contributed by atoms with E-state index in [1.165, 1.54) is 18.4 Å². The molecule has 3 aromatic rings. The first-order valence-corrected chi connectivity index (χ1v) is 11.6. The molecule has 1 aliphatic carbocycles. The molecule has 0 spiro atoms. The Kier molecular flexibility index (Phi) is 5.74. The van der Waals surface area contributed by atoms with E-state index in [0.717, 1.165) is 72.6 Å². The Balaban J connectivity index is 1.46. The van der Waals surface area contributed by atoms with Gasteiger partial charge in [-0.25, -0.2) is 15.0 Å². The predicted octanol–water partition coefficient (Wildman–Crippen LogP) is 4.35. The van der Waals surface area contributed by atoms with Crippen LogP contribution in [0, 0.1) is 6.92 Å². The van der Waals surface area contributed by atoms with Crippen LogP contribution in [-0.2, 0) is 0 Å². The fraction of sp³-hybridized carbons (Fsp3) is 0.440. The first-order chi connectivity index (χ1) is 15.6. The van der Waals surface area contributed by atoms with Gasteiger partial charge in [0.2, 0.25) is 5.95 Å². The van der Waals surface area contributed by atoms with E-state index in [1.807, 2.05) is 25.4 Å². The first-order valence-electron chi connectivity index (χ1n) is 11.6. The molecule has 2 aliphatic rings. The van der Waals surface area contributed by atoms with Crippen LogP contribution in [0.25, 0.3) is 10.9 Å². The topological polar surface area (TPSA) is 83.0 Å². The van der Waals surface area contributed by atoms with E-state index in [9.17, 15) is 4.79 Å². The average molecular weight is 431 g/mol. The highest BCUT2D eigenvalue weighted by Crippen LogP contribution is 2.39. The maximum atomic E-state index is 12.3. The summed E-state index contributed by atoms with van der Waals surface area (Å²) in [5.74, 6) is 1.81. The van der Waals surface area contributed by atoms with Gasteiger partial charge in [0.25, 0.3) is 0 Å². The smallest absolute Gasteiger partial charge is 0.228 e. The molecule has 1 saturated carbocycles. The minimum absolute atomic E-state index is 0.0969. The van der Waals surface area contributed by atoms with Crippen molar-refractivity contribution in [1.29, 1.82) is 0 Å². The van der Waals surface area contributed by atoms with Gasteiger partial charge >= 0.3 is 0 Å². The molecule has 0 unspecified atom stereocenters. The average Bonchev–Trinajstić information content (AvgIpc) is 3.35. The van der Waals surface area contributed by atoms with E-state index >= 15 is 0 Å². The number of aryl methyl sites for hydroxylation is 1. The third-order valence-electron chi connectivity index (χ3n) is 6.81. The van der Waals surface area contributed by atoms with E-state index in [2.05, 4.69) is 37.6 Å². The van der Waals surface area contributed by atoms with Crippen molar-refractivity contribution in [2.24, 2.45) is 0 Å². The van der Waals surface area contributed by atoms with Crippen molar-refractivity contribution in [2.75, 3.05) is 36.4 Å². The van der Waals surface area contributed by atoms with Crippen molar-refractivity contribution >= 4 is 34.1 Å². The van der Waals surface area contributed by atoms with Gasteiger partial charge in [0, 0.05) is 43.3 Å². The van der Waals surface area contributed by atoms with Crippen LogP contribution in [0.2, 0.25) is 0 Å². The molecule has 1 saturated heterocycles. The van der Waals surface area contributed by atoms with E-state index in [4.69, 9.17) is 4.98 Å². The Morgan fingerprint density at radius 1 is 1.12 bits per heavy atom. The number of nitrogens with one attached hydrogen (secondary N) is 2. The minimum atomic E-state index is 0.0969. The molecule has 0 atom stereocenters. The zero-order valence-electron chi connectivity index (χ0n) is 18.8. The molecule has 0 radical (unpaired) electrons. The second-order valence-electron chi connectivity index (χ2n) is 8.90. The lowest BCUT2D eigenvalue weighted by atomic mass is 9.89. The third kappa shape index (κ3) is 4.05. The van der Waals surface area contributed by atoms with Crippen molar-refractivity contribution in [3.63, 3.8) is 0 Å². The summed E-state index contributed by atoms with van der Waals surface area (Å²) in [7, 11) is 0. The Bertz CT molecular complexity index is 1130. The summed E-state index contributed by atoms with van der Waals surface area (Å²) in [6.45, 7) is 7.61. The highest BCUT2D eigenvalue weighted by Gasteiger charge is 2.23. The van der Waals surface area contributed by atoms with Crippen LogP contribution in [-0.4, -0.2) is 46.9 Å². The molecule has 2 aromatic heterocycles. The van der Waals surface area contributed by atoms with Gasteiger partial charge in [-0.1, -0.05) is 12.8 Å². The highest BCUT2D eigenvalue weighted by molar-refractivity contribution is 6.01. The summed E-state index contributed by atoms with van der Waals surface area (Å²) < 4.78 is 0. The fourth-order valence-electron chi connectivity index (χ4n) is 5.01. The number of hydrogen-bond acceptors (Lipinski definition) is 7. The Morgan fingerprint density at radius 2 is 1.91 bits per heavy atom. The molecule has 2 N–H and O–H groups in total. The minimum Gasteiger partial charge on any atom is -0.368 e. The maximum Gasteiger partial charge on any atom is 0.228 e. The highest BCUT2D eigenvalue weighted by atomic mass is 16.1. The van der Waals surface area contributed by atoms with Gasteiger partial charge in [0.15, 0.2) is 5.78 Å². The number of benzene rings is 1. The van der Waals surface area contributed by atoms with Crippen LogP contribution in [0.5, 0.6) is 0 Å². The van der Waals surface area contributed by atoms with Gasteiger partial charge in [-0.2, -0.15) is 0 Å². The quantitative estimate of drug-likeness (QED) is 0.582. The molecule has 1 aliphatic heterocycles. The lowest BCUT2D eigenvalue weighted by Crippen LogP contribution is -2.43. The molecule has 2 fully saturated rings. The molecule has 7 nitrogen and oxygen atoms in total. The second kappa shape index (κ2) is 8.82. The number of piperazine rings is 1. The number of fused-ring (bicyclic) bond motifs is 1. The van der Waals surface area contributed by atoms with Crippen LogP contribution in [0.4, 0.5) is 17.5 Å². The number of ketones is 1. The van der Waals surface area contributed by atoms with Crippen molar-refractivity contribution in [3.05, 3.63) is 47.3 Å². The van der Waals surface area contributed by atoms with E-state index in [0.29, 0.717) is 11.9 Å². The van der Waals surface area contributed by atoms with Crippen LogP contribution in [0.1, 0.15) is 60.0 Å². The molecule has 1 aromatic carbocycles. The standard InChI is InChI=1S/C25H30N6O/c1-16-20(17(2)32)13-21(18-5-3-4-6-18)24-22(16)15-28-25(30-24)29-23-8-7-19(14-27-23)31-11-9-26-10-12-31/h7-8,13-15,18,26H,3-6,9-12H2,1-2H3,(H,27,28,29,30). The van der Waals surface area contributed by atoms with Crippen molar-refractivity contribution in [2.45, 2.75) is 45.4 Å². The summed E-state index contributed by atoms with van der Waals surface area (Å²) in [4.78, 5) is 28.6. The summed E-state index contributed by atoms with van der Waals surface area (Å²) in [5.41, 5.74) is 5.01. The van der Waals surface area contributed by atoms with Gasteiger partial charge in [-0.3, -0.25) is 4.79 Å². The van der Waals surface area contributed by atoms with Crippen LogP contribution in [0.15, 0.2) is 30.6 Å². The monoisotopic (exact) mass is 430 g/mol. The van der Waals surface area contributed by atoms with Crippen molar-refractivity contribution in [1.82, 2.24) is 20.3 Å². The number of carbonyl (C=O) groups is 1. The van der Waals surface area contributed by atoms with E-state index < -0.39 is 0 Å². The largest absolute Gasteiger partial charge is 0.368 e. The summed E-state index contributed by atoms with van der Waals surface area (Å²) >= 11 is 0. The van der Waals surface area contributed by atoms with E-state index in [1.54, 1.807) is 6.92 Å². The molecule has 3 heterocycles. The number of nitrogens with zero attached hydrogens (tertiary/aromatic N) is 4. The lowest BCUT2D eigenvalue weighted by molar-refractivity contribution is 0.101. The van der Waals surface area contributed by atoms with Gasteiger partial charge in [-0.15, -0.1) is 0 Å². The van der Waals surface area contributed by atoms with Crippen molar-refractivity contribution in [3.8, 4) is 0 Å². The normalized spacial score (nSPS) is 17.1. The molecule has 166 valence electrons. The molecule has 7 heteroatoms. The number of pyridine rings is 1. The second-order valence-corrected chi connectivity index (χ2v) is 8.90. The van der Waals surface area contributed by atoms with Gasteiger partial charge < -0.3 is 15.5 Å². The lowest BCUT2D eigenvalue weighted by Gasteiger charge is -2.29. The summed E-state index contributed by atoms with van der Waals surface area (Å²) in [6.07, 6.45) is 8.51. The summed E-state index contributed by atoms with van der Waals surface area (Å²) in [6, 6.07) is 6.15. The molecule has 5 rings (SSSR count). The molecule has 0 bridgehead atoms. The number of carbonyl (C=O) groups excluding carboxylic acids is 1. The first kappa shape index (κ1) is 20.8. The van der Waals surface area contributed by atoms with Crippen LogP contribution >= 0.6 is 0 Å². The Labute approximate surface area is 188 Å². The summed E-state index contributed by atoms with van der Waals surface area (Å²) in [5, 5.41) is 7.61. The van der Waals surface area contributed by atoms with Crippen LogP contribution < -0.4 is 15.5 Å². The Hall–Kier alpha value is -3.06. The number of Topliss-reactive ketones (excluding diaryl/α,β-unsaturated/α-hetero) is 1. The fourth-order valence-corrected chi connectivity index (χ4v) is 5.01. The van der Waals surface area contributed by atoms with Gasteiger partial charge in [-0.05, 0) is 61.9 Å². The molecular formula is C25H30N6O. The number of rotatable bonds is 5. The number of aromatic nitrogens is 3. The zero-order chi connectivity index (χ0) is 22.1. The number of hydrogen-bond donors (Lipinski definition) is 2. The van der Waals surface area contributed by atoms with Gasteiger partial charge in [0.05, 0.1) is 17.4 Å². The third-order valence-corrected chi connectivity index (χ3v) is 6.81. The van der Waals surface area contributed by atoms with Crippen molar-refractivity contribution < 1.29 is 4.79 Å². The van der Waals surface area contributed by atoms with Gasteiger partial charge in [0.1, 0.15) is 5.82 Å². The van der Waals surface area contributed by atoms with Crippen LogP contribution in [0.3, 0.4) is 0 Å². The molecule has 0 amide bonds. The SMILES string of the molecule is CC(=O)c1cc(C2CCCC2)c2nc(Nc3ccc(N4CCNCC4)cn3)ncc2c1C.